The van der Waals surface area contributed by atoms with Gasteiger partial charge in [-0.05, 0) is 36.7 Å². The summed E-state index contributed by atoms with van der Waals surface area (Å²) in [5.74, 6) is 0. The van der Waals surface area contributed by atoms with Crippen molar-refractivity contribution in [3.8, 4) is 0 Å². The lowest BCUT2D eigenvalue weighted by atomic mass is 10.0. The van der Waals surface area contributed by atoms with Crippen molar-refractivity contribution in [3.63, 3.8) is 0 Å². The van der Waals surface area contributed by atoms with Gasteiger partial charge < -0.3 is 5.32 Å². The lowest BCUT2D eigenvalue weighted by Crippen LogP contribution is -2.27. The molecule has 1 atom stereocenters. The van der Waals surface area contributed by atoms with Gasteiger partial charge in [0.25, 0.3) is 0 Å². The highest BCUT2D eigenvalue weighted by molar-refractivity contribution is 9.11. The second-order valence-electron chi connectivity index (χ2n) is 4.05. The Hall–Kier alpha value is -0.0700. The van der Waals surface area contributed by atoms with Gasteiger partial charge in [-0.25, -0.2) is 0 Å². The second-order valence-corrected chi connectivity index (χ2v) is 5.76. The van der Waals surface area contributed by atoms with Crippen LogP contribution in [0.1, 0.15) is 30.5 Å². The molecule has 1 aromatic carbocycles. The minimum atomic E-state index is -4.19. The Bertz CT molecular complexity index is 419. The van der Waals surface area contributed by atoms with Gasteiger partial charge in [-0.3, -0.25) is 0 Å². The summed E-state index contributed by atoms with van der Waals surface area (Å²) < 4.78 is 39.2. The zero-order valence-electron chi connectivity index (χ0n) is 10.0. The molecule has 0 aliphatic rings. The molecule has 1 unspecified atom stereocenters. The number of hydrogen-bond donors (Lipinski definition) is 1. The Balaban J connectivity index is 3.09. The van der Waals surface area contributed by atoms with Crippen LogP contribution in [-0.4, -0.2) is 12.7 Å². The van der Waals surface area contributed by atoms with Crippen LogP contribution < -0.4 is 5.32 Å². The Morgan fingerprint density at radius 2 is 1.83 bits per heavy atom. The van der Waals surface area contributed by atoms with Crippen molar-refractivity contribution in [1.29, 1.82) is 0 Å². The average Bonchev–Trinajstić information content (AvgIpc) is 2.21. The van der Waals surface area contributed by atoms with Crippen LogP contribution in [0.2, 0.25) is 0 Å². The van der Waals surface area contributed by atoms with Crippen LogP contribution in [0.25, 0.3) is 0 Å². The van der Waals surface area contributed by atoms with Gasteiger partial charge in [-0.15, -0.1) is 0 Å². The third kappa shape index (κ3) is 4.55. The first-order chi connectivity index (χ1) is 8.24. The van der Waals surface area contributed by atoms with Gasteiger partial charge in [0.2, 0.25) is 0 Å². The highest BCUT2D eigenvalue weighted by Gasteiger charge is 2.33. The van der Waals surface area contributed by atoms with E-state index in [1.807, 2.05) is 13.0 Å². The normalized spacial score (nSPS) is 13.7. The maximum absolute atomic E-state index is 12.6. The predicted octanol–water partition coefficient (Wildman–Crippen LogP) is 5.12. The summed E-state index contributed by atoms with van der Waals surface area (Å²) in [4.78, 5) is 0. The summed E-state index contributed by atoms with van der Waals surface area (Å²) >= 11 is 6.68. The number of aryl methyl sites for hydroxylation is 1. The maximum Gasteiger partial charge on any atom is 0.390 e. The number of hydrogen-bond acceptors (Lipinski definition) is 1. The van der Waals surface area contributed by atoms with Gasteiger partial charge in [0.15, 0.2) is 0 Å². The molecule has 0 fully saturated rings. The van der Waals surface area contributed by atoms with E-state index in [1.165, 1.54) is 0 Å². The van der Waals surface area contributed by atoms with Crippen LogP contribution in [0.5, 0.6) is 0 Å². The van der Waals surface area contributed by atoms with Crippen molar-refractivity contribution in [2.45, 2.75) is 32.5 Å². The maximum atomic E-state index is 12.6. The fraction of sp³-hybridized carbons (Fsp3) is 0.500. The average molecular weight is 389 g/mol. The van der Waals surface area contributed by atoms with Gasteiger partial charge in [0, 0.05) is 15.0 Å². The molecule has 0 aliphatic heterocycles. The molecule has 0 saturated carbocycles. The van der Waals surface area contributed by atoms with E-state index < -0.39 is 18.6 Å². The summed E-state index contributed by atoms with van der Waals surface area (Å²) in [5, 5.41) is 2.87. The molecule has 0 spiro atoms. The van der Waals surface area contributed by atoms with Crippen molar-refractivity contribution >= 4 is 31.9 Å². The molecule has 0 heterocycles. The molecule has 6 heteroatoms. The van der Waals surface area contributed by atoms with E-state index in [4.69, 9.17) is 0 Å². The number of rotatable bonds is 4. The first kappa shape index (κ1) is 16.0. The van der Waals surface area contributed by atoms with Crippen LogP contribution in [0.3, 0.4) is 0 Å². The van der Waals surface area contributed by atoms with Crippen molar-refractivity contribution in [2.75, 3.05) is 6.54 Å². The highest BCUT2D eigenvalue weighted by Crippen LogP contribution is 2.35. The standard InChI is InChI=1S/C12H14Br2F3N/c1-3-18-11(6-12(15,16)17)8-5-9(13)7(2)4-10(8)14/h4-5,11,18H,3,6H2,1-2H3. The number of alkyl halides is 3. The summed E-state index contributed by atoms with van der Waals surface area (Å²) in [6, 6.07) is 2.82. The van der Waals surface area contributed by atoms with Gasteiger partial charge in [-0.1, -0.05) is 38.8 Å². The lowest BCUT2D eigenvalue weighted by Gasteiger charge is -2.22. The molecule has 18 heavy (non-hydrogen) atoms. The molecule has 0 bridgehead atoms. The number of nitrogens with one attached hydrogen (secondary N) is 1. The first-order valence-corrected chi connectivity index (χ1v) is 7.09. The van der Waals surface area contributed by atoms with E-state index in [9.17, 15) is 13.2 Å². The molecule has 0 aliphatic carbocycles. The van der Waals surface area contributed by atoms with E-state index in [-0.39, 0.29) is 0 Å². The van der Waals surface area contributed by atoms with Crippen molar-refractivity contribution in [2.24, 2.45) is 0 Å². The molecular formula is C12H14Br2F3N. The molecule has 1 N–H and O–H groups in total. The smallest absolute Gasteiger partial charge is 0.310 e. The first-order valence-electron chi connectivity index (χ1n) is 5.50. The molecule has 0 amide bonds. The fourth-order valence-corrected chi connectivity index (χ4v) is 2.79. The summed E-state index contributed by atoms with van der Waals surface area (Å²) in [7, 11) is 0. The topological polar surface area (TPSA) is 12.0 Å². The molecule has 0 aromatic heterocycles. The molecular weight excluding hydrogens is 375 g/mol. The van der Waals surface area contributed by atoms with Gasteiger partial charge in [0.1, 0.15) is 0 Å². The van der Waals surface area contributed by atoms with E-state index in [2.05, 4.69) is 37.2 Å². The van der Waals surface area contributed by atoms with Crippen LogP contribution in [0, 0.1) is 6.92 Å². The van der Waals surface area contributed by atoms with Crippen LogP contribution in [0.15, 0.2) is 21.1 Å². The van der Waals surface area contributed by atoms with Crippen LogP contribution in [-0.2, 0) is 0 Å². The second kappa shape index (κ2) is 6.39. The third-order valence-electron chi connectivity index (χ3n) is 2.54. The van der Waals surface area contributed by atoms with E-state index in [0.717, 1.165) is 10.0 Å². The summed E-state index contributed by atoms with van der Waals surface area (Å²) in [6.45, 7) is 4.17. The minimum absolute atomic E-state index is 0.485. The largest absolute Gasteiger partial charge is 0.390 e. The molecule has 0 saturated heterocycles. The van der Waals surface area contributed by atoms with Crippen LogP contribution >= 0.6 is 31.9 Å². The molecule has 1 aromatic rings. The summed E-state index contributed by atoms with van der Waals surface area (Å²) in [5.41, 5.74) is 1.60. The van der Waals surface area contributed by atoms with E-state index in [0.29, 0.717) is 16.6 Å². The van der Waals surface area contributed by atoms with Gasteiger partial charge in [0.05, 0.1) is 6.42 Å². The Labute approximate surface area is 121 Å². The third-order valence-corrected chi connectivity index (χ3v) is 4.08. The predicted molar refractivity (Wildman–Crippen MR) is 73.7 cm³/mol. The minimum Gasteiger partial charge on any atom is -0.310 e. The molecule has 0 radical (unpaired) electrons. The van der Waals surface area contributed by atoms with E-state index in [1.54, 1.807) is 13.0 Å². The molecule has 1 nitrogen and oxygen atoms in total. The van der Waals surface area contributed by atoms with E-state index >= 15 is 0 Å². The highest BCUT2D eigenvalue weighted by atomic mass is 79.9. The lowest BCUT2D eigenvalue weighted by molar-refractivity contribution is -0.140. The Morgan fingerprint density at radius 1 is 1.22 bits per heavy atom. The van der Waals surface area contributed by atoms with Crippen molar-refractivity contribution in [3.05, 3.63) is 32.2 Å². The fourth-order valence-electron chi connectivity index (χ4n) is 1.70. The van der Waals surface area contributed by atoms with Gasteiger partial charge >= 0.3 is 6.18 Å². The van der Waals surface area contributed by atoms with Gasteiger partial charge in [-0.2, -0.15) is 13.2 Å². The van der Waals surface area contributed by atoms with Crippen molar-refractivity contribution < 1.29 is 13.2 Å². The Morgan fingerprint density at radius 3 is 2.33 bits per heavy atom. The quantitative estimate of drug-likeness (QED) is 0.754. The van der Waals surface area contributed by atoms with Crippen LogP contribution in [0.4, 0.5) is 13.2 Å². The summed E-state index contributed by atoms with van der Waals surface area (Å²) in [6.07, 6.45) is -5.07. The number of benzene rings is 1. The zero-order valence-corrected chi connectivity index (χ0v) is 13.2. The monoisotopic (exact) mass is 387 g/mol. The molecule has 102 valence electrons. The zero-order chi connectivity index (χ0) is 13.9. The molecule has 1 rings (SSSR count). The SMILES string of the molecule is CCNC(CC(F)(F)F)c1cc(Br)c(C)cc1Br. The number of halogens is 5. The Kier molecular flexibility index (Phi) is 5.67. The van der Waals surface area contributed by atoms with Crippen molar-refractivity contribution in [1.82, 2.24) is 5.32 Å².